The molecule has 0 amide bonds. The first kappa shape index (κ1) is 35.6. The third-order valence-electron chi connectivity index (χ3n) is 1.56. The van der Waals surface area contributed by atoms with Crippen LogP contribution in [0.2, 0.25) is 0 Å². The van der Waals surface area contributed by atoms with Crippen LogP contribution in [0.4, 0.5) is 52.7 Å². The maximum atomic E-state index is 11.4. The van der Waals surface area contributed by atoms with E-state index in [4.69, 9.17) is 0 Å². The fraction of sp³-hybridized carbons (Fsp3) is 1.00. The summed E-state index contributed by atoms with van der Waals surface area (Å²) in [6, 6.07) is 0. The molecule has 0 rings (SSSR count). The van der Waals surface area contributed by atoms with Gasteiger partial charge >= 0.3 is 22.0 Å². The summed E-state index contributed by atoms with van der Waals surface area (Å²) in [5.41, 5.74) is -24.8. The minimum Gasteiger partial charge on any atom is -0.421 e. The number of hydrogen-bond donors (Lipinski definition) is 0. The van der Waals surface area contributed by atoms with Crippen molar-refractivity contribution in [2.24, 2.45) is 0 Å². The number of rotatable bonds is 4. The number of sulfonamides is 4. The molecule has 0 aliphatic carbocycles. The van der Waals surface area contributed by atoms with Gasteiger partial charge < -0.3 is 8.25 Å². The Morgan fingerprint density at radius 3 is 0.516 bits per heavy atom. The first-order chi connectivity index (χ1) is 12.4. The molecule has 0 fully saturated rings. The molecule has 0 unspecified atom stereocenters. The van der Waals surface area contributed by atoms with E-state index >= 15 is 0 Å². The molecular formula is C4F12N2O8S4Y-2. The van der Waals surface area contributed by atoms with Gasteiger partial charge in [0.15, 0.2) is 40.1 Å². The van der Waals surface area contributed by atoms with Gasteiger partial charge in [-0.25, -0.2) is 33.7 Å². The molecule has 0 bridgehead atoms. The molecule has 0 aromatic rings. The minimum absolute atomic E-state index is 0. The maximum absolute atomic E-state index is 11.4. The minimum atomic E-state index is -6.72. The zero-order chi connectivity index (χ0) is 25.4. The van der Waals surface area contributed by atoms with Crippen molar-refractivity contribution in [1.82, 2.24) is 0 Å². The van der Waals surface area contributed by atoms with E-state index in [0.717, 1.165) is 8.25 Å². The van der Waals surface area contributed by atoms with Crippen molar-refractivity contribution < 1.29 is 119 Å². The Balaban J connectivity index is -0.000000490. The van der Waals surface area contributed by atoms with Crippen LogP contribution in [0.1, 0.15) is 0 Å². The van der Waals surface area contributed by atoms with Gasteiger partial charge in [0.25, 0.3) is 0 Å². The van der Waals surface area contributed by atoms with E-state index in [0.29, 0.717) is 0 Å². The third kappa shape index (κ3) is 10.2. The van der Waals surface area contributed by atoms with Crippen molar-refractivity contribution in [1.29, 1.82) is 0 Å². The molecular weight excluding hydrogens is 649 g/mol. The van der Waals surface area contributed by atoms with E-state index < -0.39 is 62.1 Å². The molecule has 1 radical (unpaired) electrons. The molecule has 0 heterocycles. The summed E-state index contributed by atoms with van der Waals surface area (Å²) in [4.78, 5) is 0. The summed E-state index contributed by atoms with van der Waals surface area (Å²) in [6.45, 7) is 0. The molecule has 0 aliphatic rings. The monoisotopic (exact) mass is 649 g/mol. The van der Waals surface area contributed by atoms with Crippen molar-refractivity contribution in [2.45, 2.75) is 22.0 Å². The van der Waals surface area contributed by atoms with E-state index in [1.54, 1.807) is 0 Å². The molecule has 0 N–H and O–H groups in total. The van der Waals surface area contributed by atoms with Crippen LogP contribution in [0.3, 0.4) is 0 Å². The van der Waals surface area contributed by atoms with Gasteiger partial charge in [0.05, 0.1) is 0 Å². The molecule has 187 valence electrons. The molecule has 0 spiro atoms. The maximum Gasteiger partial charge on any atom is 0.480 e. The Morgan fingerprint density at radius 1 is 0.355 bits per heavy atom. The van der Waals surface area contributed by atoms with Crippen molar-refractivity contribution in [3.8, 4) is 0 Å². The molecule has 0 saturated heterocycles. The van der Waals surface area contributed by atoms with Crippen molar-refractivity contribution >= 4 is 40.1 Å². The van der Waals surface area contributed by atoms with E-state index in [1.165, 1.54) is 0 Å². The van der Waals surface area contributed by atoms with Crippen molar-refractivity contribution in [2.75, 3.05) is 0 Å². The van der Waals surface area contributed by atoms with Gasteiger partial charge in [0.2, 0.25) is 0 Å². The number of hydrogen-bond acceptors (Lipinski definition) is 8. The van der Waals surface area contributed by atoms with Crippen LogP contribution in [0.5, 0.6) is 0 Å². The van der Waals surface area contributed by atoms with Gasteiger partial charge in [-0.05, 0) is 0 Å². The largest absolute Gasteiger partial charge is 0.480 e. The Morgan fingerprint density at radius 2 is 0.452 bits per heavy atom. The van der Waals surface area contributed by atoms with E-state index in [9.17, 15) is 86.4 Å². The summed E-state index contributed by atoms with van der Waals surface area (Å²) in [5.74, 6) is 0. The second-order valence-electron chi connectivity index (χ2n) is 3.83. The van der Waals surface area contributed by atoms with Crippen LogP contribution in [-0.2, 0) is 72.8 Å². The zero-order valence-electron chi connectivity index (χ0n) is 12.9. The third-order valence-corrected chi connectivity index (χ3v) is 7.04. The molecule has 27 heteroatoms. The summed E-state index contributed by atoms with van der Waals surface area (Å²) < 4.78 is 218. The fourth-order valence-electron chi connectivity index (χ4n) is 0.427. The average Bonchev–Trinajstić information content (AvgIpc) is 2.30. The second-order valence-corrected chi connectivity index (χ2v) is 10.7. The van der Waals surface area contributed by atoms with Crippen LogP contribution in [0.25, 0.3) is 8.25 Å². The smallest absolute Gasteiger partial charge is 0.421 e. The van der Waals surface area contributed by atoms with E-state index in [2.05, 4.69) is 0 Å². The quantitative estimate of drug-likeness (QED) is 0.418. The predicted molar refractivity (Wildman–Crippen MR) is 66.6 cm³/mol. The Kier molecular flexibility index (Phi) is 11.6. The topological polar surface area (TPSA) is 165 Å². The normalized spacial score (nSPS) is 14.8. The van der Waals surface area contributed by atoms with Gasteiger partial charge in [0, 0.05) is 32.7 Å². The van der Waals surface area contributed by atoms with Crippen molar-refractivity contribution in [3.05, 3.63) is 8.25 Å². The molecule has 0 aliphatic heterocycles. The Bertz CT molecular complexity index is 862. The SMILES string of the molecule is O=S(=O)([N-]S(=O)(=O)C(F)(F)F)C(F)(F)F.O=S(=O)([N-]S(=O)(=O)C(F)(F)F)C(F)(F)F.[Y]. The van der Waals surface area contributed by atoms with Gasteiger partial charge in [-0.3, -0.25) is 0 Å². The second kappa shape index (κ2) is 10.1. The number of nitrogens with zero attached hydrogens (tertiary/aromatic N) is 2. The summed E-state index contributed by atoms with van der Waals surface area (Å²) >= 11 is 0. The van der Waals surface area contributed by atoms with E-state index in [-0.39, 0.29) is 32.7 Å². The van der Waals surface area contributed by atoms with Crippen LogP contribution < -0.4 is 0 Å². The van der Waals surface area contributed by atoms with Gasteiger partial charge in [-0.2, -0.15) is 52.7 Å². The number of alkyl halides is 12. The van der Waals surface area contributed by atoms with Crippen LogP contribution in [0.15, 0.2) is 0 Å². The first-order valence-corrected chi connectivity index (χ1v) is 10.9. The average molecular weight is 649 g/mol. The zero-order valence-corrected chi connectivity index (χ0v) is 19.0. The van der Waals surface area contributed by atoms with Gasteiger partial charge in [-0.15, -0.1) is 0 Å². The molecule has 0 aromatic carbocycles. The van der Waals surface area contributed by atoms with Gasteiger partial charge in [-0.1, -0.05) is 0 Å². The molecule has 10 nitrogen and oxygen atoms in total. The van der Waals surface area contributed by atoms with Gasteiger partial charge in [0.1, 0.15) is 0 Å². The predicted octanol–water partition coefficient (Wildman–Crippen LogP) is 2.12. The van der Waals surface area contributed by atoms with Crippen LogP contribution >= 0.6 is 0 Å². The Hall–Kier alpha value is -0.0161. The fourth-order valence-corrected chi connectivity index (χ4v) is 3.85. The molecule has 31 heavy (non-hydrogen) atoms. The van der Waals surface area contributed by atoms with Crippen LogP contribution in [0, 0.1) is 0 Å². The standard InChI is InChI=1S/2C2F6NO4S2.Y/c2*3-1(4,5)14(10,11)9-15(12,13)2(6,7)8;/q2*-1;. The van der Waals surface area contributed by atoms with Crippen molar-refractivity contribution in [3.63, 3.8) is 0 Å². The Labute approximate surface area is 188 Å². The van der Waals surface area contributed by atoms with E-state index in [1.807, 2.05) is 0 Å². The molecule has 0 saturated carbocycles. The summed E-state index contributed by atoms with van der Waals surface area (Å²) in [6.07, 6.45) is 0. The molecule has 0 aromatic heterocycles. The first-order valence-electron chi connectivity index (χ1n) is 5.15. The van der Waals surface area contributed by atoms with Crippen LogP contribution in [-0.4, -0.2) is 55.7 Å². The summed E-state index contributed by atoms with van der Waals surface area (Å²) in [7, 11) is -26.9. The molecule has 0 atom stereocenters. The summed E-state index contributed by atoms with van der Waals surface area (Å²) in [5, 5.41) is 0. The number of halogens is 12.